The number of nitrogens with zero attached hydrogens (tertiary/aromatic N) is 2. The molecule has 5 nitrogen and oxygen atoms in total. The molecule has 0 bridgehead atoms. The summed E-state index contributed by atoms with van der Waals surface area (Å²) in [6.07, 6.45) is 3.95. The fourth-order valence-electron chi connectivity index (χ4n) is 1.13. The van der Waals surface area contributed by atoms with E-state index in [-0.39, 0.29) is 5.75 Å². The summed E-state index contributed by atoms with van der Waals surface area (Å²) >= 11 is 0. The Morgan fingerprint density at radius 3 is 2.79 bits per heavy atom. The van der Waals surface area contributed by atoms with Gasteiger partial charge in [0.25, 0.3) is 0 Å². The Labute approximate surface area is 84.2 Å². The van der Waals surface area contributed by atoms with Gasteiger partial charge in [0, 0.05) is 25.4 Å². The van der Waals surface area contributed by atoms with Crippen LogP contribution in [-0.4, -0.2) is 35.7 Å². The van der Waals surface area contributed by atoms with Gasteiger partial charge in [-0.05, 0) is 6.42 Å². The first-order valence-electron chi connectivity index (χ1n) is 4.48. The first-order chi connectivity index (χ1) is 6.56. The van der Waals surface area contributed by atoms with Gasteiger partial charge in [-0.1, -0.05) is 6.92 Å². The zero-order valence-corrected chi connectivity index (χ0v) is 9.21. The summed E-state index contributed by atoms with van der Waals surface area (Å²) in [6, 6.07) is 0. The van der Waals surface area contributed by atoms with Crippen molar-refractivity contribution < 1.29 is 8.42 Å². The lowest BCUT2D eigenvalue weighted by Gasteiger charge is -2.15. The fraction of sp³-hybridized carbons (Fsp3) is 0.625. The van der Waals surface area contributed by atoms with Gasteiger partial charge in [-0.2, -0.15) is 5.10 Å². The van der Waals surface area contributed by atoms with Crippen LogP contribution in [0.3, 0.4) is 0 Å². The summed E-state index contributed by atoms with van der Waals surface area (Å²) in [7, 11) is -1.51. The Balaban J connectivity index is 2.62. The van der Waals surface area contributed by atoms with Gasteiger partial charge < -0.3 is 0 Å². The van der Waals surface area contributed by atoms with Crippen molar-refractivity contribution in [2.45, 2.75) is 19.9 Å². The molecule has 0 aliphatic rings. The molecule has 1 heterocycles. The Hall–Kier alpha value is -0.880. The van der Waals surface area contributed by atoms with Crippen molar-refractivity contribution in [2.24, 2.45) is 0 Å². The molecular weight excluding hydrogens is 202 g/mol. The van der Waals surface area contributed by atoms with Crippen LogP contribution in [0.4, 0.5) is 0 Å². The van der Waals surface area contributed by atoms with Gasteiger partial charge in [0.05, 0.1) is 11.9 Å². The Morgan fingerprint density at radius 2 is 2.29 bits per heavy atom. The highest BCUT2D eigenvalue weighted by atomic mass is 32.2. The van der Waals surface area contributed by atoms with Crippen molar-refractivity contribution in [3.05, 3.63) is 18.0 Å². The molecule has 0 radical (unpaired) electrons. The van der Waals surface area contributed by atoms with Crippen molar-refractivity contribution in [3.8, 4) is 0 Å². The van der Waals surface area contributed by atoms with Crippen LogP contribution >= 0.6 is 0 Å². The van der Waals surface area contributed by atoms with Gasteiger partial charge in [0.15, 0.2) is 0 Å². The molecule has 0 saturated heterocycles. The SMILES string of the molecule is CCCS(=O)(=O)N(C)Cc1cn[nH]c1. The van der Waals surface area contributed by atoms with E-state index in [1.807, 2.05) is 6.92 Å². The number of H-pyrrole nitrogens is 1. The van der Waals surface area contributed by atoms with E-state index in [2.05, 4.69) is 10.2 Å². The third-order valence-electron chi connectivity index (χ3n) is 1.90. The molecule has 0 aromatic carbocycles. The second-order valence-electron chi connectivity index (χ2n) is 3.18. The number of hydrogen-bond acceptors (Lipinski definition) is 3. The number of aromatic amines is 1. The maximum Gasteiger partial charge on any atom is 0.214 e. The molecule has 0 fully saturated rings. The highest BCUT2D eigenvalue weighted by molar-refractivity contribution is 7.89. The summed E-state index contributed by atoms with van der Waals surface area (Å²) in [5.41, 5.74) is 0.868. The molecule has 0 aliphatic heterocycles. The van der Waals surface area contributed by atoms with Crippen LogP contribution in [0.1, 0.15) is 18.9 Å². The molecule has 0 unspecified atom stereocenters. The van der Waals surface area contributed by atoms with E-state index in [1.54, 1.807) is 19.4 Å². The Kier molecular flexibility index (Phi) is 3.65. The third-order valence-corrected chi connectivity index (χ3v) is 3.90. The van der Waals surface area contributed by atoms with Crippen LogP contribution in [0, 0.1) is 0 Å². The molecule has 0 saturated carbocycles. The third kappa shape index (κ3) is 2.81. The van der Waals surface area contributed by atoms with E-state index in [0.29, 0.717) is 13.0 Å². The van der Waals surface area contributed by atoms with Gasteiger partial charge >= 0.3 is 0 Å². The number of nitrogens with one attached hydrogen (secondary N) is 1. The Bertz CT molecular complexity index is 358. The van der Waals surface area contributed by atoms with Gasteiger partial charge in [-0.15, -0.1) is 0 Å². The number of sulfonamides is 1. The Morgan fingerprint density at radius 1 is 1.57 bits per heavy atom. The minimum absolute atomic E-state index is 0.196. The maximum atomic E-state index is 11.6. The molecule has 1 aromatic rings. The van der Waals surface area contributed by atoms with Crippen LogP contribution in [0.5, 0.6) is 0 Å². The average molecular weight is 217 g/mol. The van der Waals surface area contributed by atoms with Gasteiger partial charge in [-0.3, -0.25) is 5.10 Å². The normalized spacial score (nSPS) is 12.2. The second-order valence-corrected chi connectivity index (χ2v) is 5.37. The van der Waals surface area contributed by atoms with E-state index >= 15 is 0 Å². The monoisotopic (exact) mass is 217 g/mol. The lowest BCUT2D eigenvalue weighted by atomic mass is 10.4. The highest BCUT2D eigenvalue weighted by Crippen LogP contribution is 2.06. The predicted octanol–water partition coefficient (Wildman–Crippen LogP) is 0.581. The maximum absolute atomic E-state index is 11.6. The van der Waals surface area contributed by atoms with Crippen LogP contribution in [0.2, 0.25) is 0 Å². The van der Waals surface area contributed by atoms with E-state index in [9.17, 15) is 8.42 Å². The molecule has 6 heteroatoms. The minimum atomic E-state index is -3.09. The van der Waals surface area contributed by atoms with E-state index in [1.165, 1.54) is 4.31 Å². The molecule has 80 valence electrons. The quantitative estimate of drug-likeness (QED) is 0.784. The van der Waals surface area contributed by atoms with Crippen molar-refractivity contribution in [1.82, 2.24) is 14.5 Å². The first kappa shape index (κ1) is 11.2. The number of rotatable bonds is 5. The highest BCUT2D eigenvalue weighted by Gasteiger charge is 2.16. The van der Waals surface area contributed by atoms with Crippen molar-refractivity contribution in [2.75, 3.05) is 12.8 Å². The predicted molar refractivity (Wildman–Crippen MR) is 54.1 cm³/mol. The average Bonchev–Trinajstić information content (AvgIpc) is 2.56. The van der Waals surface area contributed by atoms with Crippen molar-refractivity contribution in [1.29, 1.82) is 0 Å². The topological polar surface area (TPSA) is 66.1 Å². The van der Waals surface area contributed by atoms with Crippen LogP contribution in [0.15, 0.2) is 12.4 Å². The van der Waals surface area contributed by atoms with Gasteiger partial charge in [-0.25, -0.2) is 12.7 Å². The van der Waals surface area contributed by atoms with E-state index < -0.39 is 10.0 Å². The number of aromatic nitrogens is 2. The molecule has 0 atom stereocenters. The van der Waals surface area contributed by atoms with E-state index in [4.69, 9.17) is 0 Å². The summed E-state index contributed by atoms with van der Waals surface area (Å²) in [5, 5.41) is 6.40. The van der Waals surface area contributed by atoms with E-state index in [0.717, 1.165) is 5.56 Å². The lowest BCUT2D eigenvalue weighted by molar-refractivity contribution is 0.466. The van der Waals surface area contributed by atoms with Crippen LogP contribution in [-0.2, 0) is 16.6 Å². The van der Waals surface area contributed by atoms with Crippen LogP contribution in [0.25, 0.3) is 0 Å². The standard InChI is InChI=1S/C8H15N3O2S/c1-3-4-14(12,13)11(2)7-8-5-9-10-6-8/h5-6H,3-4,7H2,1-2H3,(H,9,10). The van der Waals surface area contributed by atoms with Gasteiger partial charge in [0.1, 0.15) is 0 Å². The molecule has 1 aromatic heterocycles. The van der Waals surface area contributed by atoms with Crippen molar-refractivity contribution in [3.63, 3.8) is 0 Å². The molecule has 14 heavy (non-hydrogen) atoms. The summed E-state index contributed by atoms with van der Waals surface area (Å²) in [4.78, 5) is 0. The molecule has 1 rings (SSSR count). The van der Waals surface area contributed by atoms with Gasteiger partial charge in [0.2, 0.25) is 10.0 Å². The first-order valence-corrected chi connectivity index (χ1v) is 6.09. The smallest absolute Gasteiger partial charge is 0.214 e. The van der Waals surface area contributed by atoms with Crippen molar-refractivity contribution >= 4 is 10.0 Å². The summed E-state index contributed by atoms with van der Waals surface area (Å²) < 4.78 is 24.5. The molecule has 0 aliphatic carbocycles. The fourth-order valence-corrected chi connectivity index (χ4v) is 2.31. The molecule has 0 amide bonds. The zero-order valence-electron chi connectivity index (χ0n) is 8.40. The minimum Gasteiger partial charge on any atom is -0.285 e. The molecule has 1 N–H and O–H groups in total. The molecular formula is C8H15N3O2S. The zero-order chi connectivity index (χ0) is 10.6. The second kappa shape index (κ2) is 4.56. The van der Waals surface area contributed by atoms with Crippen LogP contribution < -0.4 is 0 Å². The summed E-state index contributed by atoms with van der Waals surface area (Å²) in [5.74, 6) is 0.196. The summed E-state index contributed by atoms with van der Waals surface area (Å²) in [6.45, 7) is 2.22. The largest absolute Gasteiger partial charge is 0.285 e. The number of hydrogen-bond donors (Lipinski definition) is 1. The molecule has 0 spiro atoms. The lowest BCUT2D eigenvalue weighted by Crippen LogP contribution is -2.28.